The summed E-state index contributed by atoms with van der Waals surface area (Å²) >= 11 is 0. The van der Waals surface area contributed by atoms with Crippen LogP contribution in [0.5, 0.6) is 0 Å². The van der Waals surface area contributed by atoms with Gasteiger partial charge in [0.15, 0.2) is 0 Å². The lowest BCUT2D eigenvalue weighted by molar-refractivity contribution is -0.120. The number of hydrogen-bond donors (Lipinski definition) is 3. The van der Waals surface area contributed by atoms with Crippen molar-refractivity contribution >= 4 is 27.3 Å². The fourth-order valence-corrected chi connectivity index (χ4v) is 2.45. The van der Waals surface area contributed by atoms with Crippen molar-refractivity contribution in [3.63, 3.8) is 0 Å². The minimum atomic E-state index is -3.49. The van der Waals surface area contributed by atoms with Gasteiger partial charge in [0.1, 0.15) is 0 Å². The molecule has 0 aromatic heterocycles. The Labute approximate surface area is 119 Å². The Morgan fingerprint density at radius 1 is 1.35 bits per heavy atom. The average Bonchev–Trinajstić information content (AvgIpc) is 2.39. The van der Waals surface area contributed by atoms with Crippen molar-refractivity contribution in [2.24, 2.45) is 0 Å². The molecule has 0 fully saturated rings. The van der Waals surface area contributed by atoms with Crippen LogP contribution in [0.3, 0.4) is 0 Å². The van der Waals surface area contributed by atoms with Crippen molar-refractivity contribution < 1.29 is 13.2 Å². The lowest BCUT2D eigenvalue weighted by Crippen LogP contribution is -2.22. The molecule has 1 rings (SSSR count). The molecule has 20 heavy (non-hydrogen) atoms. The fourth-order valence-electron chi connectivity index (χ4n) is 1.51. The maximum Gasteiger partial charge on any atom is 0.242 e. The standard InChI is InChI=1S/C12H20N4O3S/c1-14-12(17)6-7-15-11-5-4-9(8-10(11)13)20(18,19)16(2)3/h4-5,8,15H,6-7,13H2,1-3H3,(H,14,17). The third-order valence-electron chi connectivity index (χ3n) is 2.75. The molecule has 1 aromatic carbocycles. The molecule has 0 bridgehead atoms. The number of benzene rings is 1. The molecular weight excluding hydrogens is 280 g/mol. The van der Waals surface area contributed by atoms with E-state index < -0.39 is 10.0 Å². The second kappa shape index (κ2) is 6.58. The highest BCUT2D eigenvalue weighted by Crippen LogP contribution is 2.23. The molecule has 0 radical (unpaired) electrons. The number of nitrogens with one attached hydrogen (secondary N) is 2. The summed E-state index contributed by atoms with van der Waals surface area (Å²) in [7, 11) is 0.993. The van der Waals surface area contributed by atoms with Crippen LogP contribution in [0.4, 0.5) is 11.4 Å². The van der Waals surface area contributed by atoms with Gasteiger partial charge >= 0.3 is 0 Å². The molecule has 1 aromatic rings. The molecule has 4 N–H and O–H groups in total. The van der Waals surface area contributed by atoms with Gasteiger partial charge in [0, 0.05) is 34.1 Å². The quantitative estimate of drug-likeness (QED) is 0.645. The van der Waals surface area contributed by atoms with Gasteiger partial charge in [0.2, 0.25) is 15.9 Å². The lowest BCUT2D eigenvalue weighted by Gasteiger charge is -2.14. The van der Waals surface area contributed by atoms with E-state index in [2.05, 4.69) is 10.6 Å². The number of carbonyl (C=O) groups excluding carboxylic acids is 1. The molecule has 0 saturated heterocycles. The van der Waals surface area contributed by atoms with Crippen LogP contribution in [0, 0.1) is 0 Å². The van der Waals surface area contributed by atoms with E-state index in [1.165, 1.54) is 26.2 Å². The summed E-state index contributed by atoms with van der Waals surface area (Å²) < 4.78 is 25.0. The Morgan fingerprint density at radius 2 is 2.00 bits per heavy atom. The predicted octanol–water partition coefficient (Wildman–Crippen LogP) is 0.0671. The van der Waals surface area contributed by atoms with Crippen LogP contribution < -0.4 is 16.4 Å². The molecular formula is C12H20N4O3S. The Bertz CT molecular complexity index is 584. The highest BCUT2D eigenvalue weighted by Gasteiger charge is 2.17. The second-order valence-electron chi connectivity index (χ2n) is 4.39. The molecule has 0 aliphatic heterocycles. The molecule has 0 aliphatic rings. The maximum atomic E-state index is 11.9. The topological polar surface area (TPSA) is 105 Å². The molecule has 0 spiro atoms. The van der Waals surface area contributed by atoms with Gasteiger partial charge in [0.25, 0.3) is 0 Å². The summed E-state index contributed by atoms with van der Waals surface area (Å²) in [5, 5.41) is 5.50. The van der Waals surface area contributed by atoms with Gasteiger partial charge < -0.3 is 16.4 Å². The number of hydrogen-bond acceptors (Lipinski definition) is 5. The van der Waals surface area contributed by atoms with E-state index in [1.54, 1.807) is 13.1 Å². The van der Waals surface area contributed by atoms with Gasteiger partial charge in [-0.25, -0.2) is 12.7 Å². The second-order valence-corrected chi connectivity index (χ2v) is 6.54. The number of carbonyl (C=O) groups is 1. The number of nitrogens with zero attached hydrogens (tertiary/aromatic N) is 1. The number of anilines is 2. The molecule has 0 aliphatic carbocycles. The number of amides is 1. The number of rotatable bonds is 6. The number of nitrogens with two attached hydrogens (primary N) is 1. The van der Waals surface area contributed by atoms with E-state index in [9.17, 15) is 13.2 Å². The minimum Gasteiger partial charge on any atom is -0.397 e. The fraction of sp³-hybridized carbons (Fsp3) is 0.417. The first-order valence-electron chi connectivity index (χ1n) is 6.05. The largest absolute Gasteiger partial charge is 0.397 e. The summed E-state index contributed by atoms with van der Waals surface area (Å²) in [5.74, 6) is -0.0807. The Hall–Kier alpha value is -1.80. The Balaban J connectivity index is 2.82. The zero-order chi connectivity index (χ0) is 15.3. The van der Waals surface area contributed by atoms with E-state index in [-0.39, 0.29) is 10.8 Å². The van der Waals surface area contributed by atoms with Crippen LogP contribution in [-0.2, 0) is 14.8 Å². The Kier molecular flexibility index (Phi) is 5.34. The molecule has 0 saturated carbocycles. The zero-order valence-corrected chi connectivity index (χ0v) is 12.6. The van der Waals surface area contributed by atoms with Crippen molar-refractivity contribution in [1.29, 1.82) is 0 Å². The van der Waals surface area contributed by atoms with E-state index >= 15 is 0 Å². The number of nitrogen functional groups attached to an aromatic ring is 1. The zero-order valence-electron chi connectivity index (χ0n) is 11.8. The van der Waals surface area contributed by atoms with Crippen LogP contribution in [0.2, 0.25) is 0 Å². The molecule has 7 nitrogen and oxygen atoms in total. The van der Waals surface area contributed by atoms with Gasteiger partial charge in [-0.15, -0.1) is 0 Å². The molecule has 8 heteroatoms. The predicted molar refractivity (Wildman–Crippen MR) is 78.9 cm³/mol. The van der Waals surface area contributed by atoms with Crippen LogP contribution >= 0.6 is 0 Å². The molecule has 1 amide bonds. The number of sulfonamides is 1. The molecule has 0 heterocycles. The van der Waals surface area contributed by atoms with Crippen molar-refractivity contribution in [2.45, 2.75) is 11.3 Å². The SMILES string of the molecule is CNC(=O)CCNc1ccc(S(=O)(=O)N(C)C)cc1N. The maximum absolute atomic E-state index is 11.9. The normalized spacial score (nSPS) is 11.4. The Morgan fingerprint density at radius 3 is 2.50 bits per heavy atom. The molecule has 0 atom stereocenters. The average molecular weight is 300 g/mol. The van der Waals surface area contributed by atoms with Crippen LogP contribution in [0.25, 0.3) is 0 Å². The van der Waals surface area contributed by atoms with E-state index in [0.717, 1.165) is 4.31 Å². The summed E-state index contributed by atoms with van der Waals surface area (Å²) in [6, 6.07) is 4.47. The van der Waals surface area contributed by atoms with Crippen LogP contribution in [0.1, 0.15) is 6.42 Å². The van der Waals surface area contributed by atoms with Crippen molar-refractivity contribution in [3.8, 4) is 0 Å². The lowest BCUT2D eigenvalue weighted by atomic mass is 10.2. The van der Waals surface area contributed by atoms with Gasteiger partial charge in [0.05, 0.1) is 16.3 Å². The highest BCUT2D eigenvalue weighted by molar-refractivity contribution is 7.89. The minimum absolute atomic E-state index is 0.0807. The molecule has 0 unspecified atom stereocenters. The third-order valence-corrected chi connectivity index (χ3v) is 4.56. The summed E-state index contributed by atoms with van der Waals surface area (Å²) in [6.07, 6.45) is 0.313. The van der Waals surface area contributed by atoms with Crippen LogP contribution in [-0.4, -0.2) is 46.3 Å². The molecule has 112 valence electrons. The smallest absolute Gasteiger partial charge is 0.242 e. The van der Waals surface area contributed by atoms with Crippen molar-refractivity contribution in [2.75, 3.05) is 38.7 Å². The summed E-state index contributed by atoms with van der Waals surface area (Å²) in [4.78, 5) is 11.2. The van der Waals surface area contributed by atoms with Gasteiger partial charge in [-0.05, 0) is 18.2 Å². The van der Waals surface area contributed by atoms with Crippen LogP contribution in [0.15, 0.2) is 23.1 Å². The van der Waals surface area contributed by atoms with Crippen molar-refractivity contribution in [3.05, 3.63) is 18.2 Å². The summed E-state index contributed by atoms with van der Waals surface area (Å²) in [6.45, 7) is 0.420. The first kappa shape index (κ1) is 16.3. The third kappa shape index (κ3) is 3.84. The van der Waals surface area contributed by atoms with Crippen molar-refractivity contribution in [1.82, 2.24) is 9.62 Å². The van der Waals surface area contributed by atoms with Gasteiger partial charge in [-0.3, -0.25) is 4.79 Å². The van der Waals surface area contributed by atoms with E-state index in [4.69, 9.17) is 5.73 Å². The van der Waals surface area contributed by atoms with Gasteiger partial charge in [-0.2, -0.15) is 0 Å². The first-order valence-corrected chi connectivity index (χ1v) is 7.49. The van der Waals surface area contributed by atoms with E-state index in [1.807, 2.05) is 0 Å². The van der Waals surface area contributed by atoms with E-state index in [0.29, 0.717) is 24.3 Å². The van der Waals surface area contributed by atoms with Gasteiger partial charge in [-0.1, -0.05) is 0 Å². The highest BCUT2D eigenvalue weighted by atomic mass is 32.2. The summed E-state index contributed by atoms with van der Waals surface area (Å²) in [5.41, 5.74) is 6.75. The first-order chi connectivity index (χ1) is 9.28. The monoisotopic (exact) mass is 300 g/mol.